The van der Waals surface area contributed by atoms with Crippen molar-refractivity contribution in [3.8, 4) is 0 Å². The molecule has 3 N–H and O–H groups in total. The molecule has 2 fully saturated rings. The summed E-state index contributed by atoms with van der Waals surface area (Å²) < 4.78 is 5.31. The third kappa shape index (κ3) is 3.61. The minimum absolute atomic E-state index is 0.0928. The summed E-state index contributed by atoms with van der Waals surface area (Å²) in [5, 5.41) is 14.6. The lowest BCUT2D eigenvalue weighted by molar-refractivity contribution is -0.383. The fourth-order valence-electron chi connectivity index (χ4n) is 3.09. The van der Waals surface area contributed by atoms with Gasteiger partial charge in [0, 0.05) is 19.1 Å². The Balaban J connectivity index is 1.89. The molecular weight excluding hydrogens is 300 g/mol. The smallest absolute Gasteiger partial charge is 0.353 e. The highest BCUT2D eigenvalue weighted by atomic mass is 16.6. The highest BCUT2D eigenvalue weighted by molar-refractivity contribution is 5.70. The molecule has 2 aliphatic rings. The predicted octanol–water partition coefficient (Wildman–Crippen LogP) is 1.55. The number of nitrogens with zero attached hydrogens (tertiary/aromatic N) is 4. The number of nitrogen functional groups attached to an aromatic ring is 1. The lowest BCUT2D eigenvalue weighted by Crippen LogP contribution is -2.37. The Bertz CT molecular complexity index is 570. The second-order valence-electron chi connectivity index (χ2n) is 5.94. The number of nitro groups is 1. The third-order valence-corrected chi connectivity index (χ3v) is 4.32. The number of rotatable bonds is 4. The number of nitrogens with two attached hydrogens (primary N) is 1. The summed E-state index contributed by atoms with van der Waals surface area (Å²) in [5.41, 5.74) is 5.62. The molecule has 0 aromatic carbocycles. The number of morpholine rings is 1. The van der Waals surface area contributed by atoms with Gasteiger partial charge in [0.15, 0.2) is 0 Å². The highest BCUT2D eigenvalue weighted by Crippen LogP contribution is 2.32. The van der Waals surface area contributed by atoms with Gasteiger partial charge in [-0.1, -0.05) is 19.3 Å². The van der Waals surface area contributed by atoms with Crippen molar-refractivity contribution in [3.05, 3.63) is 10.1 Å². The maximum Gasteiger partial charge on any atom is 0.353 e. The van der Waals surface area contributed by atoms with E-state index in [0.29, 0.717) is 32.3 Å². The number of ether oxygens (including phenoxy) is 1. The van der Waals surface area contributed by atoms with Gasteiger partial charge in [-0.3, -0.25) is 10.1 Å². The number of hydrogen-bond acceptors (Lipinski definition) is 8. The van der Waals surface area contributed by atoms with Crippen molar-refractivity contribution in [2.45, 2.75) is 38.1 Å². The van der Waals surface area contributed by atoms with Crippen LogP contribution in [-0.2, 0) is 4.74 Å². The van der Waals surface area contributed by atoms with Crippen LogP contribution in [0.2, 0.25) is 0 Å². The Morgan fingerprint density at radius 1 is 1.22 bits per heavy atom. The van der Waals surface area contributed by atoms with Crippen LogP contribution in [0.15, 0.2) is 0 Å². The molecule has 0 unspecified atom stereocenters. The van der Waals surface area contributed by atoms with E-state index in [1.165, 1.54) is 6.42 Å². The average molecular weight is 322 g/mol. The Labute approximate surface area is 134 Å². The van der Waals surface area contributed by atoms with Gasteiger partial charge in [0.1, 0.15) is 0 Å². The summed E-state index contributed by atoms with van der Waals surface area (Å²) in [6.45, 7) is 2.48. The molecule has 1 aliphatic carbocycles. The SMILES string of the molecule is Nc1nc(N2CCOCC2)nc(NC2CCCCC2)c1[N+](=O)[O-]. The van der Waals surface area contributed by atoms with Crippen molar-refractivity contribution in [2.75, 3.05) is 42.3 Å². The minimum Gasteiger partial charge on any atom is -0.378 e. The van der Waals surface area contributed by atoms with Crippen molar-refractivity contribution in [2.24, 2.45) is 0 Å². The zero-order chi connectivity index (χ0) is 16.2. The van der Waals surface area contributed by atoms with Crippen LogP contribution in [-0.4, -0.2) is 47.2 Å². The van der Waals surface area contributed by atoms with Gasteiger partial charge in [-0.25, -0.2) is 0 Å². The van der Waals surface area contributed by atoms with E-state index in [-0.39, 0.29) is 23.4 Å². The van der Waals surface area contributed by atoms with Crippen molar-refractivity contribution < 1.29 is 9.66 Å². The van der Waals surface area contributed by atoms with E-state index < -0.39 is 4.92 Å². The summed E-state index contributed by atoms with van der Waals surface area (Å²) >= 11 is 0. The monoisotopic (exact) mass is 322 g/mol. The molecule has 2 heterocycles. The quantitative estimate of drug-likeness (QED) is 0.633. The topological polar surface area (TPSA) is 119 Å². The summed E-state index contributed by atoms with van der Waals surface area (Å²) in [4.78, 5) is 21.3. The molecule has 126 valence electrons. The van der Waals surface area contributed by atoms with Gasteiger partial charge in [0.2, 0.25) is 17.6 Å². The molecule has 1 aliphatic heterocycles. The number of anilines is 3. The molecular formula is C14H22N6O3. The van der Waals surface area contributed by atoms with E-state index >= 15 is 0 Å². The van der Waals surface area contributed by atoms with Gasteiger partial charge in [-0.15, -0.1) is 0 Å². The highest BCUT2D eigenvalue weighted by Gasteiger charge is 2.27. The summed E-state index contributed by atoms with van der Waals surface area (Å²) in [7, 11) is 0. The Kier molecular flexibility index (Phi) is 4.75. The van der Waals surface area contributed by atoms with Crippen LogP contribution in [0.25, 0.3) is 0 Å². The van der Waals surface area contributed by atoms with Crippen LogP contribution in [0.1, 0.15) is 32.1 Å². The van der Waals surface area contributed by atoms with Crippen LogP contribution in [0.5, 0.6) is 0 Å². The Morgan fingerprint density at radius 2 is 1.91 bits per heavy atom. The zero-order valence-corrected chi connectivity index (χ0v) is 13.0. The van der Waals surface area contributed by atoms with Crippen molar-refractivity contribution in [3.63, 3.8) is 0 Å². The average Bonchev–Trinajstić information content (AvgIpc) is 2.56. The van der Waals surface area contributed by atoms with Gasteiger partial charge >= 0.3 is 5.69 Å². The van der Waals surface area contributed by atoms with E-state index in [4.69, 9.17) is 10.5 Å². The summed E-state index contributed by atoms with van der Waals surface area (Å²) in [5.74, 6) is 0.565. The van der Waals surface area contributed by atoms with Gasteiger partial charge in [-0.2, -0.15) is 9.97 Å². The number of hydrogen-bond donors (Lipinski definition) is 2. The predicted molar refractivity (Wildman–Crippen MR) is 86.6 cm³/mol. The standard InChI is InChI=1S/C14H22N6O3/c15-12-11(20(21)22)13(16-10-4-2-1-3-5-10)18-14(17-12)19-6-8-23-9-7-19/h10H,1-9H2,(H3,15,16,17,18). The molecule has 9 heteroatoms. The Hall–Kier alpha value is -2.16. The van der Waals surface area contributed by atoms with E-state index in [2.05, 4.69) is 15.3 Å². The number of nitrogens with one attached hydrogen (secondary N) is 1. The van der Waals surface area contributed by atoms with E-state index in [0.717, 1.165) is 25.7 Å². The third-order valence-electron chi connectivity index (χ3n) is 4.32. The van der Waals surface area contributed by atoms with Crippen LogP contribution in [0, 0.1) is 10.1 Å². The van der Waals surface area contributed by atoms with Crippen molar-refractivity contribution >= 4 is 23.3 Å². The van der Waals surface area contributed by atoms with Gasteiger partial charge < -0.3 is 20.7 Å². The maximum atomic E-state index is 11.3. The molecule has 9 nitrogen and oxygen atoms in total. The van der Waals surface area contributed by atoms with Gasteiger partial charge in [0.05, 0.1) is 18.1 Å². The molecule has 1 aromatic heterocycles. The second kappa shape index (κ2) is 6.95. The maximum absolute atomic E-state index is 11.3. The minimum atomic E-state index is -0.510. The lowest BCUT2D eigenvalue weighted by Gasteiger charge is -2.28. The fraction of sp³-hybridized carbons (Fsp3) is 0.714. The normalized spacial score (nSPS) is 19.6. The molecule has 0 radical (unpaired) electrons. The Morgan fingerprint density at radius 3 is 2.57 bits per heavy atom. The van der Waals surface area contributed by atoms with E-state index in [1.54, 1.807) is 0 Å². The first kappa shape index (κ1) is 15.7. The molecule has 1 aromatic rings. The molecule has 1 saturated carbocycles. The first-order valence-corrected chi connectivity index (χ1v) is 8.06. The van der Waals surface area contributed by atoms with Crippen molar-refractivity contribution in [1.82, 2.24) is 9.97 Å². The molecule has 23 heavy (non-hydrogen) atoms. The van der Waals surface area contributed by atoms with Crippen LogP contribution in [0.4, 0.5) is 23.3 Å². The van der Waals surface area contributed by atoms with Crippen LogP contribution >= 0.6 is 0 Å². The largest absolute Gasteiger partial charge is 0.378 e. The van der Waals surface area contributed by atoms with Crippen molar-refractivity contribution in [1.29, 1.82) is 0 Å². The van der Waals surface area contributed by atoms with Crippen LogP contribution in [0.3, 0.4) is 0 Å². The fourth-order valence-corrected chi connectivity index (χ4v) is 3.09. The first-order chi connectivity index (χ1) is 11.1. The molecule has 0 bridgehead atoms. The van der Waals surface area contributed by atoms with E-state index in [1.807, 2.05) is 4.90 Å². The number of aromatic nitrogens is 2. The molecule has 1 saturated heterocycles. The van der Waals surface area contributed by atoms with E-state index in [9.17, 15) is 10.1 Å². The molecule has 0 amide bonds. The zero-order valence-electron chi connectivity index (χ0n) is 13.0. The molecule has 3 rings (SSSR count). The van der Waals surface area contributed by atoms with Crippen LogP contribution < -0.4 is 16.0 Å². The summed E-state index contributed by atoms with van der Waals surface area (Å²) in [6, 6.07) is 0.203. The lowest BCUT2D eigenvalue weighted by atomic mass is 9.95. The first-order valence-electron chi connectivity index (χ1n) is 8.06. The van der Waals surface area contributed by atoms with Gasteiger partial charge in [0.25, 0.3) is 0 Å². The molecule has 0 spiro atoms. The summed E-state index contributed by atoms with van der Waals surface area (Å²) in [6.07, 6.45) is 5.46. The van der Waals surface area contributed by atoms with Gasteiger partial charge in [-0.05, 0) is 12.8 Å². The molecule has 0 atom stereocenters. The second-order valence-corrected chi connectivity index (χ2v) is 5.94.